The van der Waals surface area contributed by atoms with Gasteiger partial charge in [0, 0.05) is 24.2 Å². The number of hydrogen-bond donors (Lipinski definition) is 1. The molecule has 1 atom stereocenters. The Kier molecular flexibility index (Phi) is 5.63. The van der Waals surface area contributed by atoms with Gasteiger partial charge in [0.2, 0.25) is 5.91 Å². The SMILES string of the molecule is CC(C)N(C)C(=O)CN[C@@H](C)c1ccc(Cl)cc1. The zero-order valence-electron chi connectivity index (χ0n) is 11.4. The van der Waals surface area contributed by atoms with Crippen LogP contribution in [-0.4, -0.2) is 30.4 Å². The molecule has 0 spiro atoms. The Morgan fingerprint density at radius 1 is 1.28 bits per heavy atom. The van der Waals surface area contributed by atoms with Gasteiger partial charge >= 0.3 is 0 Å². The van der Waals surface area contributed by atoms with Crippen LogP contribution in [0.3, 0.4) is 0 Å². The highest BCUT2D eigenvalue weighted by Gasteiger charge is 2.13. The summed E-state index contributed by atoms with van der Waals surface area (Å²) in [5.74, 6) is 0.103. The van der Waals surface area contributed by atoms with Crippen LogP contribution < -0.4 is 5.32 Å². The normalized spacial score (nSPS) is 12.6. The number of carbonyl (C=O) groups excluding carboxylic acids is 1. The Hall–Kier alpha value is -1.06. The lowest BCUT2D eigenvalue weighted by molar-refractivity contribution is -0.130. The quantitative estimate of drug-likeness (QED) is 0.891. The molecule has 0 saturated heterocycles. The van der Waals surface area contributed by atoms with Crippen LogP contribution in [-0.2, 0) is 4.79 Å². The van der Waals surface area contributed by atoms with Crippen LogP contribution >= 0.6 is 11.6 Å². The summed E-state index contributed by atoms with van der Waals surface area (Å²) >= 11 is 5.84. The molecule has 0 aliphatic heterocycles. The van der Waals surface area contributed by atoms with Crippen molar-refractivity contribution in [3.63, 3.8) is 0 Å². The molecule has 0 radical (unpaired) electrons. The van der Waals surface area contributed by atoms with Crippen LogP contribution in [0.4, 0.5) is 0 Å². The van der Waals surface area contributed by atoms with Gasteiger partial charge in [0.25, 0.3) is 0 Å². The third kappa shape index (κ3) is 4.31. The number of halogens is 1. The van der Waals surface area contributed by atoms with E-state index in [1.54, 1.807) is 4.90 Å². The van der Waals surface area contributed by atoms with E-state index in [1.165, 1.54) is 0 Å². The molecule has 3 nitrogen and oxygen atoms in total. The number of benzene rings is 1. The molecule has 0 unspecified atom stereocenters. The zero-order chi connectivity index (χ0) is 13.7. The highest BCUT2D eigenvalue weighted by Crippen LogP contribution is 2.15. The molecule has 0 heterocycles. The minimum atomic E-state index is 0.103. The number of amides is 1. The third-order valence-corrected chi connectivity index (χ3v) is 3.35. The number of nitrogens with zero attached hydrogens (tertiary/aromatic N) is 1. The van der Waals surface area contributed by atoms with E-state index >= 15 is 0 Å². The summed E-state index contributed by atoms with van der Waals surface area (Å²) in [5, 5.41) is 3.94. The van der Waals surface area contributed by atoms with Crippen molar-refractivity contribution < 1.29 is 4.79 Å². The number of carbonyl (C=O) groups is 1. The second-order valence-electron chi connectivity index (χ2n) is 4.75. The van der Waals surface area contributed by atoms with Crippen molar-refractivity contribution >= 4 is 17.5 Å². The first-order chi connectivity index (χ1) is 8.41. The van der Waals surface area contributed by atoms with Gasteiger partial charge < -0.3 is 10.2 Å². The first-order valence-corrected chi connectivity index (χ1v) is 6.54. The Labute approximate surface area is 114 Å². The summed E-state index contributed by atoms with van der Waals surface area (Å²) in [6, 6.07) is 8.01. The molecule has 1 aromatic carbocycles. The van der Waals surface area contributed by atoms with Gasteiger partial charge in [-0.25, -0.2) is 0 Å². The Morgan fingerprint density at radius 2 is 1.83 bits per heavy atom. The minimum Gasteiger partial charge on any atom is -0.342 e. The second kappa shape index (κ2) is 6.76. The fraction of sp³-hybridized carbons (Fsp3) is 0.500. The van der Waals surface area contributed by atoms with Gasteiger partial charge in [0.1, 0.15) is 0 Å². The molecule has 1 amide bonds. The lowest BCUT2D eigenvalue weighted by atomic mass is 10.1. The molecule has 4 heteroatoms. The van der Waals surface area contributed by atoms with Crippen LogP contribution in [0, 0.1) is 0 Å². The van der Waals surface area contributed by atoms with Gasteiger partial charge in [-0.05, 0) is 38.5 Å². The smallest absolute Gasteiger partial charge is 0.236 e. The van der Waals surface area contributed by atoms with E-state index in [1.807, 2.05) is 52.1 Å². The van der Waals surface area contributed by atoms with Gasteiger partial charge in [-0.1, -0.05) is 23.7 Å². The molecule has 0 saturated carbocycles. The highest BCUT2D eigenvalue weighted by molar-refractivity contribution is 6.30. The largest absolute Gasteiger partial charge is 0.342 e. The van der Waals surface area contributed by atoms with E-state index in [9.17, 15) is 4.79 Å². The second-order valence-corrected chi connectivity index (χ2v) is 5.19. The van der Waals surface area contributed by atoms with Crippen molar-refractivity contribution in [2.24, 2.45) is 0 Å². The van der Waals surface area contributed by atoms with Gasteiger partial charge in [-0.2, -0.15) is 0 Å². The van der Waals surface area contributed by atoms with Gasteiger partial charge in [0.05, 0.1) is 6.54 Å². The van der Waals surface area contributed by atoms with E-state index in [0.717, 1.165) is 10.6 Å². The summed E-state index contributed by atoms with van der Waals surface area (Å²) in [6.07, 6.45) is 0. The summed E-state index contributed by atoms with van der Waals surface area (Å²) in [7, 11) is 1.82. The van der Waals surface area contributed by atoms with Crippen LogP contribution in [0.15, 0.2) is 24.3 Å². The fourth-order valence-corrected chi connectivity index (χ4v) is 1.65. The standard InChI is InChI=1S/C14H21ClN2O/c1-10(2)17(4)14(18)9-16-11(3)12-5-7-13(15)8-6-12/h5-8,10-11,16H,9H2,1-4H3/t11-/m0/s1. The first kappa shape index (κ1) is 15.0. The first-order valence-electron chi connectivity index (χ1n) is 6.16. The van der Waals surface area contributed by atoms with Crippen LogP contribution in [0.2, 0.25) is 5.02 Å². The van der Waals surface area contributed by atoms with Gasteiger partial charge in [0.15, 0.2) is 0 Å². The number of likely N-dealkylation sites (N-methyl/N-ethyl adjacent to an activating group) is 1. The summed E-state index contributed by atoms with van der Waals surface area (Å²) in [4.78, 5) is 13.6. The molecule has 100 valence electrons. The van der Waals surface area contributed by atoms with Crippen molar-refractivity contribution in [1.29, 1.82) is 0 Å². The van der Waals surface area contributed by atoms with E-state index in [-0.39, 0.29) is 18.0 Å². The molecule has 0 aliphatic rings. The Balaban J connectivity index is 2.48. The number of hydrogen-bond acceptors (Lipinski definition) is 2. The lowest BCUT2D eigenvalue weighted by Crippen LogP contribution is -2.40. The highest BCUT2D eigenvalue weighted by atomic mass is 35.5. The maximum absolute atomic E-state index is 11.8. The Bertz CT molecular complexity index is 389. The average Bonchev–Trinajstić information content (AvgIpc) is 2.35. The molecule has 1 rings (SSSR count). The summed E-state index contributed by atoms with van der Waals surface area (Å²) in [5.41, 5.74) is 1.12. The number of rotatable bonds is 5. The van der Waals surface area contributed by atoms with Gasteiger partial charge in [-0.15, -0.1) is 0 Å². The molecule has 0 aliphatic carbocycles. The van der Waals surface area contributed by atoms with Crippen LogP contribution in [0.1, 0.15) is 32.4 Å². The summed E-state index contributed by atoms with van der Waals surface area (Å²) < 4.78 is 0. The number of nitrogens with one attached hydrogen (secondary N) is 1. The molecular weight excluding hydrogens is 248 g/mol. The van der Waals surface area contributed by atoms with E-state index < -0.39 is 0 Å². The maximum Gasteiger partial charge on any atom is 0.236 e. The van der Waals surface area contributed by atoms with Crippen molar-refractivity contribution in [1.82, 2.24) is 10.2 Å². The van der Waals surface area contributed by atoms with Crippen LogP contribution in [0.5, 0.6) is 0 Å². The minimum absolute atomic E-state index is 0.103. The molecule has 0 bridgehead atoms. The predicted molar refractivity (Wildman–Crippen MR) is 75.8 cm³/mol. The molecule has 18 heavy (non-hydrogen) atoms. The van der Waals surface area contributed by atoms with Crippen molar-refractivity contribution in [3.8, 4) is 0 Å². The van der Waals surface area contributed by atoms with E-state index in [2.05, 4.69) is 5.32 Å². The maximum atomic E-state index is 11.8. The van der Waals surface area contributed by atoms with Crippen molar-refractivity contribution in [2.75, 3.05) is 13.6 Å². The van der Waals surface area contributed by atoms with Gasteiger partial charge in [-0.3, -0.25) is 4.79 Å². The zero-order valence-corrected chi connectivity index (χ0v) is 12.2. The third-order valence-electron chi connectivity index (χ3n) is 3.10. The van der Waals surface area contributed by atoms with E-state index in [4.69, 9.17) is 11.6 Å². The van der Waals surface area contributed by atoms with Crippen molar-refractivity contribution in [2.45, 2.75) is 32.9 Å². The molecule has 0 fully saturated rings. The fourth-order valence-electron chi connectivity index (χ4n) is 1.52. The molecular formula is C14H21ClN2O. The average molecular weight is 269 g/mol. The molecule has 1 N–H and O–H groups in total. The predicted octanol–water partition coefficient (Wildman–Crippen LogP) is 2.86. The van der Waals surface area contributed by atoms with Crippen LogP contribution in [0.25, 0.3) is 0 Å². The lowest BCUT2D eigenvalue weighted by Gasteiger charge is -2.23. The molecule has 0 aromatic heterocycles. The topological polar surface area (TPSA) is 32.3 Å². The summed E-state index contributed by atoms with van der Waals surface area (Å²) in [6.45, 7) is 6.38. The Morgan fingerprint density at radius 3 is 2.33 bits per heavy atom. The van der Waals surface area contributed by atoms with E-state index in [0.29, 0.717) is 6.54 Å². The van der Waals surface area contributed by atoms with Crippen molar-refractivity contribution in [3.05, 3.63) is 34.9 Å². The molecule has 1 aromatic rings. The monoisotopic (exact) mass is 268 g/mol.